The second kappa shape index (κ2) is 11.4. The van der Waals surface area contributed by atoms with Crippen LogP contribution in [0.15, 0.2) is 65.1 Å². The Hall–Kier alpha value is -2.68. The molecule has 0 saturated heterocycles. The van der Waals surface area contributed by atoms with Gasteiger partial charge in [-0.15, -0.1) is 21.5 Å². The summed E-state index contributed by atoms with van der Waals surface area (Å²) in [6.07, 6.45) is 0. The number of thiazole rings is 1. The average Bonchev–Trinajstić information content (AvgIpc) is 3.48. The molecule has 0 saturated carbocycles. The number of hydrogen-bond acceptors (Lipinski definition) is 7. The summed E-state index contributed by atoms with van der Waals surface area (Å²) in [4.78, 5) is 4.73. The third-order valence-corrected chi connectivity index (χ3v) is 7.25. The maximum absolute atomic E-state index is 6.22. The Morgan fingerprint density at radius 1 is 1.03 bits per heavy atom. The monoisotopic (exact) mass is 480 g/mol. The lowest BCUT2D eigenvalue weighted by Crippen LogP contribution is -2.12. The zero-order valence-corrected chi connectivity index (χ0v) is 20.7. The summed E-state index contributed by atoms with van der Waals surface area (Å²) >= 11 is 3.35. The van der Waals surface area contributed by atoms with Crippen LogP contribution < -0.4 is 4.74 Å². The zero-order chi connectivity index (χ0) is 23.0. The minimum atomic E-state index is 0.329. The fourth-order valence-electron chi connectivity index (χ4n) is 3.32. The van der Waals surface area contributed by atoms with Crippen molar-refractivity contribution in [1.82, 2.24) is 19.7 Å². The molecule has 0 unspecified atom stereocenters. The summed E-state index contributed by atoms with van der Waals surface area (Å²) in [5.41, 5.74) is 3.25. The summed E-state index contributed by atoms with van der Waals surface area (Å²) in [6, 6.07) is 18.3. The minimum absolute atomic E-state index is 0.329. The van der Waals surface area contributed by atoms with E-state index in [1.165, 1.54) is 0 Å². The zero-order valence-electron chi connectivity index (χ0n) is 19.1. The van der Waals surface area contributed by atoms with E-state index < -0.39 is 0 Å². The number of nitrogens with zero attached hydrogens (tertiary/aromatic N) is 4. The first-order valence-electron chi connectivity index (χ1n) is 10.9. The maximum Gasteiger partial charge on any atom is 0.191 e. The Morgan fingerprint density at radius 3 is 2.58 bits per heavy atom. The van der Waals surface area contributed by atoms with Crippen LogP contribution in [0.3, 0.4) is 0 Å². The molecule has 0 atom stereocenters. The van der Waals surface area contributed by atoms with E-state index in [-0.39, 0.29) is 0 Å². The van der Waals surface area contributed by atoms with Crippen LogP contribution in [0.4, 0.5) is 0 Å². The van der Waals surface area contributed by atoms with Gasteiger partial charge in [-0.1, -0.05) is 74.1 Å². The average molecular weight is 481 g/mol. The first-order chi connectivity index (χ1) is 16.2. The van der Waals surface area contributed by atoms with Crippen molar-refractivity contribution in [3.8, 4) is 16.9 Å². The van der Waals surface area contributed by atoms with E-state index in [0.29, 0.717) is 25.7 Å². The van der Waals surface area contributed by atoms with Crippen molar-refractivity contribution in [2.24, 2.45) is 0 Å². The second-order valence-corrected chi connectivity index (χ2v) is 9.65. The number of aromatic nitrogens is 4. The Morgan fingerprint density at radius 2 is 1.82 bits per heavy atom. The number of thioether (sulfide) groups is 1. The van der Waals surface area contributed by atoms with E-state index in [0.717, 1.165) is 44.3 Å². The van der Waals surface area contributed by atoms with Crippen molar-refractivity contribution in [2.45, 2.75) is 43.8 Å². The quantitative estimate of drug-likeness (QED) is 0.244. The highest BCUT2D eigenvalue weighted by molar-refractivity contribution is 7.98. The smallest absolute Gasteiger partial charge is 0.191 e. The molecule has 0 spiro atoms. The fourth-order valence-corrected chi connectivity index (χ4v) is 5.14. The number of ether oxygens (including phenoxy) is 2. The summed E-state index contributed by atoms with van der Waals surface area (Å²) in [7, 11) is 1.70. The molecule has 2 aromatic heterocycles. The van der Waals surface area contributed by atoms with Crippen molar-refractivity contribution >= 4 is 23.1 Å². The molecular formula is C25H28N4O2S2. The van der Waals surface area contributed by atoms with Crippen LogP contribution >= 0.6 is 23.1 Å². The van der Waals surface area contributed by atoms with E-state index >= 15 is 0 Å². The fraction of sp³-hybridized carbons (Fsp3) is 0.320. The number of hydrogen-bond donors (Lipinski definition) is 0. The number of benzene rings is 2. The number of methoxy groups -OCH3 is 1. The molecule has 0 fully saturated rings. The molecule has 0 aliphatic rings. The molecule has 4 aromatic rings. The van der Waals surface area contributed by atoms with E-state index in [2.05, 4.69) is 52.2 Å². The highest BCUT2D eigenvalue weighted by atomic mass is 32.2. The van der Waals surface area contributed by atoms with Gasteiger partial charge >= 0.3 is 0 Å². The lowest BCUT2D eigenvalue weighted by molar-refractivity contribution is 0.181. The van der Waals surface area contributed by atoms with Crippen molar-refractivity contribution in [1.29, 1.82) is 0 Å². The lowest BCUT2D eigenvalue weighted by Gasteiger charge is -2.13. The van der Waals surface area contributed by atoms with Crippen molar-refractivity contribution in [2.75, 3.05) is 13.7 Å². The third kappa shape index (κ3) is 6.01. The summed E-state index contributed by atoms with van der Waals surface area (Å²) in [6.45, 7) is 5.90. The van der Waals surface area contributed by atoms with Gasteiger partial charge in [-0.3, -0.25) is 0 Å². The first-order valence-corrected chi connectivity index (χ1v) is 12.8. The minimum Gasteiger partial charge on any atom is -0.485 e. The van der Waals surface area contributed by atoms with Crippen LogP contribution in [0.2, 0.25) is 0 Å². The molecule has 0 bridgehead atoms. The molecule has 4 rings (SSSR count). The normalized spacial score (nSPS) is 11.3. The van der Waals surface area contributed by atoms with Crippen LogP contribution in [0.1, 0.15) is 36.3 Å². The second-order valence-electron chi connectivity index (χ2n) is 7.81. The van der Waals surface area contributed by atoms with E-state index in [4.69, 9.17) is 14.5 Å². The van der Waals surface area contributed by atoms with E-state index in [1.54, 1.807) is 30.2 Å². The van der Waals surface area contributed by atoms with Gasteiger partial charge in [-0.05, 0) is 11.6 Å². The van der Waals surface area contributed by atoms with Crippen LogP contribution in [-0.2, 0) is 23.6 Å². The van der Waals surface area contributed by atoms with Gasteiger partial charge in [0.05, 0.1) is 17.3 Å². The molecule has 0 amide bonds. The predicted octanol–water partition coefficient (Wildman–Crippen LogP) is 6.04. The first kappa shape index (κ1) is 23.5. The summed E-state index contributed by atoms with van der Waals surface area (Å²) < 4.78 is 13.6. The van der Waals surface area contributed by atoms with E-state index in [9.17, 15) is 0 Å². The van der Waals surface area contributed by atoms with Gasteiger partial charge < -0.3 is 14.0 Å². The molecule has 0 radical (unpaired) electrons. The van der Waals surface area contributed by atoms with Crippen LogP contribution in [0.25, 0.3) is 11.1 Å². The Balaban J connectivity index is 1.48. The van der Waals surface area contributed by atoms with Gasteiger partial charge in [0, 0.05) is 36.3 Å². The molecular weight excluding hydrogens is 452 g/mol. The topological polar surface area (TPSA) is 62.1 Å². The van der Waals surface area contributed by atoms with Crippen LogP contribution in [0, 0.1) is 0 Å². The van der Waals surface area contributed by atoms with E-state index in [1.807, 2.05) is 36.4 Å². The van der Waals surface area contributed by atoms with Crippen LogP contribution in [-0.4, -0.2) is 33.5 Å². The predicted molar refractivity (Wildman–Crippen MR) is 134 cm³/mol. The maximum atomic E-state index is 6.22. The number of rotatable bonds is 11. The van der Waals surface area contributed by atoms with Crippen molar-refractivity contribution in [3.05, 3.63) is 76.5 Å². The molecule has 2 aromatic carbocycles. The summed E-state index contributed by atoms with van der Waals surface area (Å²) in [5, 5.41) is 13.0. The van der Waals surface area contributed by atoms with Crippen molar-refractivity contribution < 1.29 is 9.47 Å². The van der Waals surface area contributed by atoms with Gasteiger partial charge in [-0.25, -0.2) is 4.98 Å². The van der Waals surface area contributed by atoms with Gasteiger partial charge in [-0.2, -0.15) is 0 Å². The summed E-state index contributed by atoms with van der Waals surface area (Å²) in [5.74, 6) is 2.80. The van der Waals surface area contributed by atoms with Gasteiger partial charge in [0.25, 0.3) is 0 Å². The lowest BCUT2D eigenvalue weighted by atomic mass is 10.1. The highest BCUT2D eigenvalue weighted by Crippen LogP contribution is 2.30. The molecule has 0 N–H and O–H groups in total. The Labute approximate surface area is 203 Å². The van der Waals surface area contributed by atoms with Crippen molar-refractivity contribution in [3.63, 3.8) is 0 Å². The highest BCUT2D eigenvalue weighted by Gasteiger charge is 2.15. The molecule has 172 valence electrons. The largest absolute Gasteiger partial charge is 0.485 e. The molecule has 2 heterocycles. The molecule has 0 aliphatic heterocycles. The van der Waals surface area contributed by atoms with Gasteiger partial charge in [0.15, 0.2) is 11.0 Å². The molecule has 33 heavy (non-hydrogen) atoms. The Bertz CT molecular complexity index is 1160. The van der Waals surface area contributed by atoms with Gasteiger partial charge in [0.2, 0.25) is 0 Å². The Kier molecular flexibility index (Phi) is 8.15. The molecule has 6 nitrogen and oxygen atoms in total. The third-order valence-electron chi connectivity index (χ3n) is 5.05. The molecule has 8 heteroatoms. The molecule has 0 aliphatic carbocycles. The standard InChI is InChI=1S/C25H28N4O2S2/c1-18(2)24-26-20(16-32-24)17-33-25-28-27-23(29(25)13-14-30-3)15-31-22-12-8-7-11-21(22)19-9-5-4-6-10-19/h4-12,16,18H,13-15,17H2,1-3H3. The van der Waals surface area contributed by atoms with Gasteiger partial charge in [0.1, 0.15) is 12.4 Å². The number of para-hydroxylation sites is 1. The van der Waals surface area contributed by atoms with Crippen LogP contribution in [0.5, 0.6) is 5.75 Å². The SMILES string of the molecule is COCCn1c(COc2ccccc2-c2ccccc2)nnc1SCc1csc(C(C)C)n1.